The van der Waals surface area contributed by atoms with Gasteiger partial charge in [0.15, 0.2) is 11.2 Å². The Morgan fingerprint density at radius 3 is 0.926 bits per heavy atom. The molecule has 0 aliphatic heterocycles. The van der Waals surface area contributed by atoms with Gasteiger partial charge in [-0.3, -0.25) is 0 Å². The molecule has 0 unspecified atom stereocenters. The van der Waals surface area contributed by atoms with Gasteiger partial charge in [-0.25, -0.2) is 0 Å². The van der Waals surface area contributed by atoms with Crippen LogP contribution in [0.15, 0.2) is 271 Å². The lowest BCUT2D eigenvalue weighted by atomic mass is 10.0. The summed E-state index contributed by atoms with van der Waals surface area (Å²) in [5.41, 5.74) is 9.73. The van der Waals surface area contributed by atoms with Crippen LogP contribution < -0.4 is 9.80 Å². The maximum absolute atomic E-state index is 6.92. The molecule has 4 nitrogen and oxygen atoms in total. The van der Waals surface area contributed by atoms with Gasteiger partial charge in [-0.2, -0.15) is 0 Å². The van der Waals surface area contributed by atoms with Gasteiger partial charge in [0.2, 0.25) is 0 Å². The van der Waals surface area contributed by atoms with E-state index in [2.05, 4.69) is 252 Å². The van der Waals surface area contributed by atoms with Gasteiger partial charge in [-0.1, -0.05) is 108 Å². The van der Waals surface area contributed by atoms with E-state index < -0.39 is 0 Å². The van der Waals surface area contributed by atoms with Crippen LogP contribution in [0.5, 0.6) is 0 Å². The molecule has 0 spiro atoms. The standard InChI is InChI=1S/C62H40N2O2S2/c1-5-13-43(14-6-1)63(45-23-29-51(30-24-45)67-49-17-9-3-10-18-49)47-27-35-53-41(39-47)21-33-55-57-37-38-58-56-34-22-42-40-48(28-36-54(42)60(56)66-62(58)61(57)65-59(53)55)64(44-15-7-2-8-16-44)46-25-31-52(32-26-46)68-50-19-11-4-12-20-50/h1-40H. The fourth-order valence-electron chi connectivity index (χ4n) is 9.52. The van der Waals surface area contributed by atoms with E-state index in [0.29, 0.717) is 0 Å². The lowest BCUT2D eigenvalue weighted by Crippen LogP contribution is -2.09. The summed E-state index contributed by atoms with van der Waals surface area (Å²) >= 11 is 3.54. The van der Waals surface area contributed by atoms with Crippen LogP contribution in [-0.4, -0.2) is 0 Å². The molecule has 68 heavy (non-hydrogen) atoms. The highest BCUT2D eigenvalue weighted by Crippen LogP contribution is 2.45. The minimum atomic E-state index is 0.763. The fraction of sp³-hybridized carbons (Fsp3) is 0. The lowest BCUT2D eigenvalue weighted by Gasteiger charge is -2.26. The second-order valence-electron chi connectivity index (χ2n) is 16.9. The third kappa shape index (κ3) is 7.22. The number of hydrogen-bond donors (Lipinski definition) is 0. The molecule has 0 saturated heterocycles. The van der Waals surface area contributed by atoms with E-state index in [1.165, 1.54) is 19.6 Å². The molecule has 6 heteroatoms. The van der Waals surface area contributed by atoms with Crippen LogP contribution in [0.1, 0.15) is 0 Å². The Labute approximate surface area is 401 Å². The molecule has 0 aliphatic carbocycles. The first-order valence-electron chi connectivity index (χ1n) is 22.7. The van der Waals surface area contributed by atoms with Gasteiger partial charge in [0.1, 0.15) is 11.2 Å². The monoisotopic (exact) mass is 908 g/mol. The van der Waals surface area contributed by atoms with Crippen molar-refractivity contribution >= 4 is 123 Å². The summed E-state index contributed by atoms with van der Waals surface area (Å²) in [5, 5.41) is 8.51. The molecular formula is C62H40N2O2S2. The second kappa shape index (κ2) is 16.9. The highest BCUT2D eigenvalue weighted by atomic mass is 32.2. The molecule has 322 valence electrons. The van der Waals surface area contributed by atoms with E-state index in [4.69, 9.17) is 8.83 Å². The topological polar surface area (TPSA) is 32.8 Å². The summed E-state index contributed by atoms with van der Waals surface area (Å²) in [6.45, 7) is 0. The van der Waals surface area contributed by atoms with Crippen molar-refractivity contribution < 1.29 is 8.83 Å². The second-order valence-corrected chi connectivity index (χ2v) is 19.2. The van der Waals surface area contributed by atoms with Crippen molar-refractivity contribution in [2.24, 2.45) is 0 Å². The summed E-state index contributed by atoms with van der Waals surface area (Å²) in [7, 11) is 0. The first-order chi connectivity index (χ1) is 33.7. The largest absolute Gasteiger partial charge is 0.451 e. The molecule has 0 radical (unpaired) electrons. The number of benzene rings is 11. The van der Waals surface area contributed by atoms with Crippen molar-refractivity contribution in [1.29, 1.82) is 0 Å². The average Bonchev–Trinajstić information content (AvgIpc) is 3.98. The predicted molar refractivity (Wildman–Crippen MR) is 287 cm³/mol. The van der Waals surface area contributed by atoms with E-state index in [-0.39, 0.29) is 0 Å². The van der Waals surface area contributed by atoms with E-state index in [1.54, 1.807) is 23.5 Å². The summed E-state index contributed by atoms with van der Waals surface area (Å²) in [5.74, 6) is 0. The van der Waals surface area contributed by atoms with Gasteiger partial charge in [0, 0.05) is 86.0 Å². The number of nitrogens with zero attached hydrogens (tertiary/aromatic N) is 2. The minimum Gasteiger partial charge on any atom is -0.451 e. The Hall–Kier alpha value is -8.16. The quantitative estimate of drug-likeness (QED) is 0.136. The van der Waals surface area contributed by atoms with Crippen LogP contribution in [-0.2, 0) is 0 Å². The molecule has 0 fully saturated rings. The molecule has 11 aromatic carbocycles. The zero-order valence-electron chi connectivity index (χ0n) is 36.6. The van der Waals surface area contributed by atoms with Crippen LogP contribution >= 0.6 is 23.5 Å². The van der Waals surface area contributed by atoms with E-state index in [1.807, 2.05) is 0 Å². The van der Waals surface area contributed by atoms with Crippen LogP contribution in [0.25, 0.3) is 65.4 Å². The molecule has 0 aliphatic rings. The highest BCUT2D eigenvalue weighted by molar-refractivity contribution is 7.99. The van der Waals surface area contributed by atoms with Crippen LogP contribution in [0, 0.1) is 0 Å². The van der Waals surface area contributed by atoms with Crippen molar-refractivity contribution in [1.82, 2.24) is 0 Å². The summed E-state index contributed by atoms with van der Waals surface area (Å²) < 4.78 is 13.8. The SMILES string of the molecule is c1ccc(Sc2ccc(N(c3ccccc3)c3ccc4c(ccc5c6ccc7c8ccc9cc(N(c%10ccccc%10)c%10ccc(Sc%11ccccc%11)cc%10)ccc9c8oc7c6oc45)c3)cc2)cc1. The lowest BCUT2D eigenvalue weighted by molar-refractivity contribution is 0.637. The Kier molecular flexibility index (Phi) is 9.99. The van der Waals surface area contributed by atoms with Gasteiger partial charge >= 0.3 is 0 Å². The Balaban J connectivity index is 0.865. The third-order valence-corrected chi connectivity index (χ3v) is 14.7. The maximum Gasteiger partial charge on any atom is 0.178 e. The molecule has 2 heterocycles. The smallest absolute Gasteiger partial charge is 0.178 e. The molecule has 2 aromatic heterocycles. The molecule has 0 saturated carbocycles. The fourth-order valence-corrected chi connectivity index (χ4v) is 11.2. The number of hydrogen-bond acceptors (Lipinski definition) is 6. The molecule has 0 atom stereocenters. The summed E-state index contributed by atoms with van der Waals surface area (Å²) in [6.07, 6.45) is 0. The van der Waals surface area contributed by atoms with Crippen LogP contribution in [0.3, 0.4) is 0 Å². The first-order valence-corrected chi connectivity index (χ1v) is 24.4. The molecule has 0 amide bonds. The van der Waals surface area contributed by atoms with Gasteiger partial charge < -0.3 is 18.6 Å². The van der Waals surface area contributed by atoms with Crippen molar-refractivity contribution in [3.63, 3.8) is 0 Å². The number of para-hydroxylation sites is 2. The van der Waals surface area contributed by atoms with Crippen LogP contribution in [0.4, 0.5) is 34.1 Å². The summed E-state index contributed by atoms with van der Waals surface area (Å²) in [4.78, 5) is 9.46. The number of fused-ring (bicyclic) bond motifs is 11. The number of anilines is 6. The zero-order valence-corrected chi connectivity index (χ0v) is 38.3. The molecule has 0 N–H and O–H groups in total. The maximum atomic E-state index is 6.92. The Morgan fingerprint density at radius 1 is 0.235 bits per heavy atom. The van der Waals surface area contributed by atoms with Gasteiger partial charge in [0.05, 0.1) is 0 Å². The molecule has 0 bridgehead atoms. The highest BCUT2D eigenvalue weighted by Gasteiger charge is 2.21. The third-order valence-electron chi connectivity index (χ3n) is 12.7. The molecule has 13 aromatic rings. The van der Waals surface area contributed by atoms with Gasteiger partial charge in [-0.15, -0.1) is 0 Å². The normalized spacial score (nSPS) is 11.6. The van der Waals surface area contributed by atoms with Gasteiger partial charge in [-0.05, 0) is 168 Å². The first kappa shape index (κ1) is 40.1. The number of furan rings is 2. The van der Waals surface area contributed by atoms with Crippen molar-refractivity contribution in [3.8, 4) is 0 Å². The van der Waals surface area contributed by atoms with E-state index in [9.17, 15) is 0 Å². The Bertz CT molecular complexity index is 3690. The number of rotatable bonds is 10. The van der Waals surface area contributed by atoms with E-state index >= 15 is 0 Å². The van der Waals surface area contributed by atoms with Crippen LogP contribution in [0.2, 0.25) is 0 Å². The average molecular weight is 909 g/mol. The van der Waals surface area contributed by atoms with Crippen molar-refractivity contribution in [2.45, 2.75) is 19.6 Å². The Morgan fingerprint density at radius 2 is 0.529 bits per heavy atom. The predicted octanol–water partition coefficient (Wildman–Crippen LogP) is 19.0. The zero-order chi connectivity index (χ0) is 45.0. The summed E-state index contributed by atoms with van der Waals surface area (Å²) in [6, 6.07) is 86.2. The molecule has 13 rings (SSSR count). The minimum absolute atomic E-state index is 0.763. The molecular weight excluding hydrogens is 869 g/mol. The van der Waals surface area contributed by atoms with Crippen molar-refractivity contribution in [3.05, 3.63) is 243 Å². The van der Waals surface area contributed by atoms with Gasteiger partial charge in [0.25, 0.3) is 0 Å². The van der Waals surface area contributed by atoms with E-state index in [0.717, 1.165) is 99.5 Å². The van der Waals surface area contributed by atoms with Crippen molar-refractivity contribution in [2.75, 3.05) is 9.80 Å².